The van der Waals surface area contributed by atoms with E-state index in [0.29, 0.717) is 16.4 Å². The van der Waals surface area contributed by atoms with Gasteiger partial charge in [0, 0.05) is 24.6 Å². The van der Waals surface area contributed by atoms with E-state index in [4.69, 9.17) is 11.6 Å². The van der Waals surface area contributed by atoms with Crippen LogP contribution >= 0.6 is 11.6 Å². The third-order valence-corrected chi connectivity index (χ3v) is 3.46. The smallest absolute Gasteiger partial charge is 0.130 e. The molecule has 1 unspecified atom stereocenters. The zero-order chi connectivity index (χ0) is 14.2. The van der Waals surface area contributed by atoms with E-state index in [2.05, 4.69) is 5.10 Å². The van der Waals surface area contributed by atoms with Crippen LogP contribution in [0.15, 0.2) is 18.2 Å². The molecule has 0 fully saturated rings. The summed E-state index contributed by atoms with van der Waals surface area (Å²) in [7, 11) is 1.67. The molecule has 6 heteroatoms. The highest BCUT2D eigenvalue weighted by Crippen LogP contribution is 2.27. The molecule has 2 aromatic rings. The van der Waals surface area contributed by atoms with Gasteiger partial charge < -0.3 is 5.11 Å². The van der Waals surface area contributed by atoms with Crippen molar-refractivity contribution in [2.75, 3.05) is 0 Å². The molecule has 0 aliphatic heterocycles. The molecule has 0 saturated carbocycles. The van der Waals surface area contributed by atoms with E-state index in [9.17, 15) is 13.9 Å². The first-order valence-electron chi connectivity index (χ1n) is 5.71. The van der Waals surface area contributed by atoms with Gasteiger partial charge in [-0.05, 0) is 25.1 Å². The second-order valence-electron chi connectivity index (χ2n) is 4.36. The van der Waals surface area contributed by atoms with Gasteiger partial charge in [0.2, 0.25) is 0 Å². The maximum Gasteiger partial charge on any atom is 0.130 e. The van der Waals surface area contributed by atoms with E-state index in [0.717, 1.165) is 18.2 Å². The van der Waals surface area contributed by atoms with Crippen molar-refractivity contribution in [3.63, 3.8) is 0 Å². The number of aliphatic hydroxyl groups excluding tert-OH is 1. The third kappa shape index (κ3) is 2.77. The van der Waals surface area contributed by atoms with Gasteiger partial charge in [0.1, 0.15) is 16.8 Å². The molecule has 1 heterocycles. The molecule has 1 aromatic carbocycles. The molecule has 2 rings (SSSR count). The van der Waals surface area contributed by atoms with Crippen molar-refractivity contribution in [3.05, 3.63) is 51.8 Å². The fourth-order valence-electron chi connectivity index (χ4n) is 1.98. The van der Waals surface area contributed by atoms with Gasteiger partial charge in [-0.3, -0.25) is 4.68 Å². The Balaban J connectivity index is 2.30. The first-order valence-corrected chi connectivity index (χ1v) is 6.09. The lowest BCUT2D eigenvalue weighted by Crippen LogP contribution is -2.06. The molecule has 0 aliphatic rings. The molecule has 1 atom stereocenters. The van der Waals surface area contributed by atoms with Crippen LogP contribution in [0.1, 0.15) is 22.9 Å². The summed E-state index contributed by atoms with van der Waals surface area (Å²) in [6.07, 6.45) is -1.09. The zero-order valence-electron chi connectivity index (χ0n) is 10.5. The predicted molar refractivity (Wildman–Crippen MR) is 68.0 cm³/mol. The average Bonchev–Trinajstić information content (AvgIpc) is 2.59. The first-order chi connectivity index (χ1) is 8.90. The number of hydrogen-bond donors (Lipinski definition) is 1. The standard InChI is InChI=1S/C13H13ClF2N2O/c1-7-9(13(14)18(2)17-7)6-12(19)10-5-8(15)3-4-11(10)16/h3-5,12,19H,6H2,1-2H3. The number of rotatable bonds is 3. The maximum absolute atomic E-state index is 13.5. The Labute approximate surface area is 114 Å². The molecule has 3 nitrogen and oxygen atoms in total. The second kappa shape index (κ2) is 5.27. The SMILES string of the molecule is Cc1nn(C)c(Cl)c1CC(O)c1cc(F)ccc1F. The Morgan fingerprint density at radius 2 is 2.11 bits per heavy atom. The van der Waals surface area contributed by atoms with Crippen molar-refractivity contribution in [2.45, 2.75) is 19.4 Å². The third-order valence-electron chi connectivity index (χ3n) is 2.98. The lowest BCUT2D eigenvalue weighted by molar-refractivity contribution is 0.173. The number of nitrogens with zero attached hydrogens (tertiary/aromatic N) is 2. The van der Waals surface area contributed by atoms with Crippen molar-refractivity contribution in [2.24, 2.45) is 7.05 Å². The quantitative estimate of drug-likeness (QED) is 0.942. The van der Waals surface area contributed by atoms with E-state index in [-0.39, 0.29) is 12.0 Å². The Morgan fingerprint density at radius 1 is 1.42 bits per heavy atom. The van der Waals surface area contributed by atoms with Crippen LogP contribution in [-0.2, 0) is 13.5 Å². The minimum Gasteiger partial charge on any atom is -0.388 e. The van der Waals surface area contributed by atoms with Crippen molar-refractivity contribution in [3.8, 4) is 0 Å². The van der Waals surface area contributed by atoms with Crippen molar-refractivity contribution < 1.29 is 13.9 Å². The Kier molecular flexibility index (Phi) is 3.87. The number of aliphatic hydroxyl groups is 1. The summed E-state index contributed by atoms with van der Waals surface area (Å²) in [5.41, 5.74) is 1.20. The highest BCUT2D eigenvalue weighted by Gasteiger charge is 2.19. The number of aromatic nitrogens is 2. The molecule has 0 radical (unpaired) electrons. The highest BCUT2D eigenvalue weighted by atomic mass is 35.5. The van der Waals surface area contributed by atoms with E-state index in [1.54, 1.807) is 14.0 Å². The van der Waals surface area contributed by atoms with Gasteiger partial charge in [0.05, 0.1) is 11.8 Å². The Morgan fingerprint density at radius 3 is 2.68 bits per heavy atom. The fraction of sp³-hybridized carbons (Fsp3) is 0.308. The van der Waals surface area contributed by atoms with Crippen molar-refractivity contribution in [1.29, 1.82) is 0 Å². The van der Waals surface area contributed by atoms with Gasteiger partial charge in [0.25, 0.3) is 0 Å². The molecular formula is C13H13ClF2N2O. The normalized spacial score (nSPS) is 12.7. The van der Waals surface area contributed by atoms with Crippen LogP contribution in [0.5, 0.6) is 0 Å². The molecule has 0 amide bonds. The molecular weight excluding hydrogens is 274 g/mol. The lowest BCUT2D eigenvalue weighted by Gasteiger charge is -2.12. The summed E-state index contributed by atoms with van der Waals surface area (Å²) in [5.74, 6) is -1.24. The second-order valence-corrected chi connectivity index (χ2v) is 4.72. The predicted octanol–water partition coefficient (Wildman–Crippen LogP) is 2.94. The summed E-state index contributed by atoms with van der Waals surface area (Å²) in [4.78, 5) is 0. The van der Waals surface area contributed by atoms with Gasteiger partial charge in [-0.15, -0.1) is 0 Å². The summed E-state index contributed by atoms with van der Waals surface area (Å²) < 4.78 is 28.1. The topological polar surface area (TPSA) is 38.0 Å². The van der Waals surface area contributed by atoms with E-state index in [1.165, 1.54) is 4.68 Å². The van der Waals surface area contributed by atoms with Crippen LogP contribution in [0.4, 0.5) is 8.78 Å². The highest BCUT2D eigenvalue weighted by molar-refractivity contribution is 6.30. The molecule has 0 aliphatic carbocycles. The monoisotopic (exact) mass is 286 g/mol. The molecule has 1 aromatic heterocycles. The van der Waals surface area contributed by atoms with Crippen LogP contribution in [-0.4, -0.2) is 14.9 Å². The average molecular weight is 287 g/mol. The van der Waals surface area contributed by atoms with Crippen molar-refractivity contribution >= 4 is 11.6 Å². The van der Waals surface area contributed by atoms with E-state index >= 15 is 0 Å². The molecule has 0 saturated heterocycles. The van der Waals surface area contributed by atoms with Crippen LogP contribution < -0.4 is 0 Å². The molecule has 19 heavy (non-hydrogen) atoms. The minimum atomic E-state index is -1.17. The summed E-state index contributed by atoms with van der Waals surface area (Å²) in [5, 5.41) is 14.5. The van der Waals surface area contributed by atoms with Crippen molar-refractivity contribution in [1.82, 2.24) is 9.78 Å². The van der Waals surface area contributed by atoms with Crippen LogP contribution in [0.3, 0.4) is 0 Å². The zero-order valence-corrected chi connectivity index (χ0v) is 11.2. The van der Waals surface area contributed by atoms with Crippen LogP contribution in [0, 0.1) is 18.6 Å². The van der Waals surface area contributed by atoms with Gasteiger partial charge in [0.15, 0.2) is 0 Å². The van der Waals surface area contributed by atoms with Gasteiger partial charge in [-0.1, -0.05) is 11.6 Å². The summed E-state index contributed by atoms with van der Waals surface area (Å²) >= 11 is 6.04. The lowest BCUT2D eigenvalue weighted by atomic mass is 10.0. The largest absolute Gasteiger partial charge is 0.388 e. The summed E-state index contributed by atoms with van der Waals surface area (Å²) in [6, 6.07) is 2.99. The first kappa shape index (κ1) is 14.0. The van der Waals surface area contributed by atoms with E-state index in [1.807, 2.05) is 0 Å². The number of benzene rings is 1. The molecule has 0 spiro atoms. The van der Waals surface area contributed by atoms with Crippen LogP contribution in [0.25, 0.3) is 0 Å². The van der Waals surface area contributed by atoms with Gasteiger partial charge in [-0.2, -0.15) is 5.10 Å². The Bertz CT molecular complexity index is 613. The molecule has 1 N–H and O–H groups in total. The van der Waals surface area contributed by atoms with E-state index < -0.39 is 17.7 Å². The fourth-order valence-corrected chi connectivity index (χ4v) is 2.23. The molecule has 102 valence electrons. The maximum atomic E-state index is 13.5. The van der Waals surface area contributed by atoms with Gasteiger partial charge in [-0.25, -0.2) is 8.78 Å². The van der Waals surface area contributed by atoms with Gasteiger partial charge >= 0.3 is 0 Å². The Hall–Kier alpha value is -1.46. The molecule has 0 bridgehead atoms. The number of halogens is 3. The summed E-state index contributed by atoms with van der Waals surface area (Å²) in [6.45, 7) is 1.75. The van der Waals surface area contributed by atoms with Crippen LogP contribution in [0.2, 0.25) is 5.15 Å². The minimum absolute atomic E-state index is 0.0822. The number of hydrogen-bond acceptors (Lipinski definition) is 2. The number of aryl methyl sites for hydroxylation is 2.